The van der Waals surface area contributed by atoms with E-state index in [1.54, 1.807) is 20.8 Å². The van der Waals surface area contributed by atoms with E-state index in [1.807, 2.05) is 0 Å². The highest BCUT2D eigenvalue weighted by Crippen LogP contribution is 2.22. The predicted molar refractivity (Wildman–Crippen MR) is 73.3 cm³/mol. The number of ether oxygens (including phenoxy) is 3. The van der Waals surface area contributed by atoms with Crippen LogP contribution < -0.4 is 5.32 Å². The minimum atomic E-state index is -1.05. The van der Waals surface area contributed by atoms with Crippen molar-refractivity contribution in [2.45, 2.75) is 45.7 Å². The third-order valence-corrected chi connectivity index (χ3v) is 3.24. The van der Waals surface area contributed by atoms with E-state index in [0.29, 0.717) is 19.4 Å². The predicted octanol–water partition coefficient (Wildman–Crippen LogP) is 0.413. The van der Waals surface area contributed by atoms with Gasteiger partial charge in [-0.2, -0.15) is 0 Å². The van der Waals surface area contributed by atoms with Crippen molar-refractivity contribution in [1.82, 2.24) is 5.32 Å². The number of esters is 3. The Balaban J connectivity index is 2.74. The van der Waals surface area contributed by atoms with Gasteiger partial charge >= 0.3 is 17.9 Å². The Hall–Kier alpha value is -1.63. The van der Waals surface area contributed by atoms with Crippen molar-refractivity contribution in [3.63, 3.8) is 0 Å². The summed E-state index contributed by atoms with van der Waals surface area (Å²) >= 11 is 0. The van der Waals surface area contributed by atoms with Crippen LogP contribution in [0.25, 0.3) is 0 Å². The van der Waals surface area contributed by atoms with Gasteiger partial charge in [0.15, 0.2) is 5.92 Å². The zero-order chi connectivity index (χ0) is 15.8. The molecule has 0 aromatic heterocycles. The topological polar surface area (TPSA) is 90.9 Å². The van der Waals surface area contributed by atoms with E-state index in [2.05, 4.69) is 5.32 Å². The molecule has 1 saturated heterocycles. The fourth-order valence-electron chi connectivity index (χ4n) is 2.35. The Kier molecular flexibility index (Phi) is 7.14. The summed E-state index contributed by atoms with van der Waals surface area (Å²) in [6, 6.07) is -0.973. The van der Waals surface area contributed by atoms with Crippen molar-refractivity contribution < 1.29 is 28.6 Å². The van der Waals surface area contributed by atoms with Gasteiger partial charge in [-0.3, -0.25) is 14.4 Å². The first-order valence-electron chi connectivity index (χ1n) is 7.31. The molecule has 0 unspecified atom stereocenters. The van der Waals surface area contributed by atoms with Crippen LogP contribution in [-0.4, -0.2) is 49.8 Å². The van der Waals surface area contributed by atoms with Crippen LogP contribution in [0.3, 0.4) is 0 Å². The molecule has 1 N–H and O–H groups in total. The number of nitrogens with one attached hydrogen (secondary N) is 1. The van der Waals surface area contributed by atoms with Crippen molar-refractivity contribution in [1.29, 1.82) is 0 Å². The standard InChI is InChI=1S/C14H23NO6/c1-4-19-12(16)10-8-7-9(15-10)11(13(17)20-5-2)14(18)21-6-3/h9-11,15H,4-8H2,1-3H3/t9-,10-/m0/s1. The molecular formula is C14H23NO6. The van der Waals surface area contributed by atoms with Gasteiger partial charge in [-0.15, -0.1) is 0 Å². The summed E-state index contributed by atoms with van der Waals surface area (Å²) in [7, 11) is 0. The van der Waals surface area contributed by atoms with Gasteiger partial charge in [0.25, 0.3) is 0 Å². The smallest absolute Gasteiger partial charge is 0.323 e. The maximum atomic E-state index is 12.0. The van der Waals surface area contributed by atoms with Gasteiger partial charge in [-0.25, -0.2) is 0 Å². The molecule has 0 radical (unpaired) electrons. The third-order valence-electron chi connectivity index (χ3n) is 3.24. The number of carbonyl (C=O) groups excluding carboxylic acids is 3. The van der Waals surface area contributed by atoms with Crippen LogP contribution in [-0.2, 0) is 28.6 Å². The Morgan fingerprint density at radius 2 is 1.48 bits per heavy atom. The van der Waals surface area contributed by atoms with Crippen molar-refractivity contribution >= 4 is 17.9 Å². The summed E-state index contributed by atoms with van der Waals surface area (Å²) in [5, 5.41) is 2.98. The first kappa shape index (κ1) is 17.4. The van der Waals surface area contributed by atoms with Crippen LogP contribution in [0, 0.1) is 5.92 Å². The first-order chi connectivity index (χ1) is 10.0. The molecule has 1 fully saturated rings. The summed E-state index contributed by atoms with van der Waals surface area (Å²) in [5.74, 6) is -2.67. The molecule has 0 aliphatic carbocycles. The second-order valence-corrected chi connectivity index (χ2v) is 4.64. The summed E-state index contributed by atoms with van der Waals surface area (Å²) in [4.78, 5) is 35.6. The Morgan fingerprint density at radius 3 is 1.95 bits per heavy atom. The van der Waals surface area contributed by atoms with Gasteiger partial charge in [0.2, 0.25) is 0 Å². The van der Waals surface area contributed by atoms with E-state index in [-0.39, 0.29) is 19.2 Å². The van der Waals surface area contributed by atoms with Gasteiger partial charge in [-0.05, 0) is 33.6 Å². The Morgan fingerprint density at radius 1 is 0.952 bits per heavy atom. The lowest BCUT2D eigenvalue weighted by Crippen LogP contribution is -2.46. The van der Waals surface area contributed by atoms with Gasteiger partial charge in [-0.1, -0.05) is 0 Å². The number of rotatable bonds is 7. The maximum absolute atomic E-state index is 12.0. The molecule has 0 spiro atoms. The molecule has 0 bridgehead atoms. The summed E-state index contributed by atoms with van der Waals surface area (Å²) < 4.78 is 14.8. The molecule has 7 nitrogen and oxygen atoms in total. The van der Waals surface area contributed by atoms with Gasteiger partial charge < -0.3 is 19.5 Å². The van der Waals surface area contributed by atoms with Gasteiger partial charge in [0.05, 0.1) is 19.8 Å². The highest BCUT2D eigenvalue weighted by molar-refractivity contribution is 5.96. The normalized spacial score (nSPS) is 21.1. The molecule has 0 amide bonds. The van der Waals surface area contributed by atoms with E-state index >= 15 is 0 Å². The molecule has 120 valence electrons. The van der Waals surface area contributed by atoms with Crippen molar-refractivity contribution in [3.8, 4) is 0 Å². The number of hydrogen-bond acceptors (Lipinski definition) is 7. The fourth-order valence-corrected chi connectivity index (χ4v) is 2.35. The quantitative estimate of drug-likeness (QED) is 0.414. The van der Waals surface area contributed by atoms with Crippen molar-refractivity contribution in [3.05, 3.63) is 0 Å². The monoisotopic (exact) mass is 301 g/mol. The molecule has 1 heterocycles. The lowest BCUT2D eigenvalue weighted by Gasteiger charge is -2.21. The molecule has 2 atom stereocenters. The molecule has 1 aliphatic rings. The highest BCUT2D eigenvalue weighted by Gasteiger charge is 2.43. The van der Waals surface area contributed by atoms with E-state index in [0.717, 1.165) is 0 Å². The van der Waals surface area contributed by atoms with Crippen LogP contribution in [0.4, 0.5) is 0 Å². The molecule has 0 aromatic carbocycles. The van der Waals surface area contributed by atoms with Gasteiger partial charge in [0.1, 0.15) is 6.04 Å². The largest absolute Gasteiger partial charge is 0.465 e. The van der Waals surface area contributed by atoms with Crippen LogP contribution in [0.15, 0.2) is 0 Å². The van der Waals surface area contributed by atoms with Crippen LogP contribution in [0.5, 0.6) is 0 Å². The van der Waals surface area contributed by atoms with E-state index in [4.69, 9.17) is 14.2 Å². The van der Waals surface area contributed by atoms with E-state index < -0.39 is 29.9 Å². The molecule has 1 aliphatic heterocycles. The van der Waals surface area contributed by atoms with Crippen molar-refractivity contribution in [2.24, 2.45) is 5.92 Å². The Bertz CT molecular complexity index is 366. The SMILES string of the molecule is CCOC(=O)C(C(=O)OCC)[C@@H]1CC[C@@H](C(=O)OCC)N1. The molecule has 0 aromatic rings. The second-order valence-electron chi connectivity index (χ2n) is 4.64. The zero-order valence-corrected chi connectivity index (χ0v) is 12.7. The lowest BCUT2D eigenvalue weighted by atomic mass is 9.98. The fraction of sp³-hybridized carbons (Fsp3) is 0.786. The molecular weight excluding hydrogens is 278 g/mol. The average Bonchev–Trinajstić information content (AvgIpc) is 2.89. The molecule has 1 rings (SSSR count). The third kappa shape index (κ3) is 4.70. The zero-order valence-electron chi connectivity index (χ0n) is 12.7. The molecule has 7 heteroatoms. The van der Waals surface area contributed by atoms with Crippen molar-refractivity contribution in [2.75, 3.05) is 19.8 Å². The number of carbonyl (C=O) groups is 3. The summed E-state index contributed by atoms with van der Waals surface area (Å²) in [6.45, 7) is 5.73. The number of hydrogen-bond donors (Lipinski definition) is 1. The lowest BCUT2D eigenvalue weighted by molar-refractivity contribution is -0.163. The van der Waals surface area contributed by atoms with Crippen LogP contribution in [0.1, 0.15) is 33.6 Å². The molecule has 0 saturated carbocycles. The average molecular weight is 301 g/mol. The second kappa shape index (κ2) is 8.61. The maximum Gasteiger partial charge on any atom is 0.323 e. The molecule has 21 heavy (non-hydrogen) atoms. The highest BCUT2D eigenvalue weighted by atomic mass is 16.6. The summed E-state index contributed by atoms with van der Waals surface area (Å²) in [6.07, 6.45) is 1.02. The van der Waals surface area contributed by atoms with Crippen LogP contribution >= 0.6 is 0 Å². The summed E-state index contributed by atoms with van der Waals surface area (Å²) in [5.41, 5.74) is 0. The van der Waals surface area contributed by atoms with E-state index in [1.165, 1.54) is 0 Å². The Labute approximate surface area is 124 Å². The first-order valence-corrected chi connectivity index (χ1v) is 7.31. The van der Waals surface area contributed by atoms with E-state index in [9.17, 15) is 14.4 Å². The van der Waals surface area contributed by atoms with Crippen LogP contribution in [0.2, 0.25) is 0 Å². The van der Waals surface area contributed by atoms with Gasteiger partial charge in [0, 0.05) is 6.04 Å². The minimum absolute atomic E-state index is 0.183. The minimum Gasteiger partial charge on any atom is -0.465 e.